The number of halogens is 2. The van der Waals surface area contributed by atoms with E-state index < -0.39 is 11.6 Å². The van der Waals surface area contributed by atoms with Crippen molar-refractivity contribution in [2.75, 3.05) is 0 Å². The van der Waals surface area contributed by atoms with E-state index in [9.17, 15) is 13.9 Å². The average Bonchev–Trinajstić information content (AvgIpc) is 2.45. The molecule has 0 fully saturated rings. The van der Waals surface area contributed by atoms with Gasteiger partial charge in [0.15, 0.2) is 5.82 Å². The van der Waals surface area contributed by atoms with Crippen LogP contribution in [0, 0.1) is 11.6 Å². The van der Waals surface area contributed by atoms with Crippen LogP contribution >= 0.6 is 0 Å². The lowest BCUT2D eigenvalue weighted by Gasteiger charge is -2.26. The van der Waals surface area contributed by atoms with Gasteiger partial charge in [-0.25, -0.2) is 8.78 Å². The number of benzene rings is 2. The van der Waals surface area contributed by atoms with Crippen molar-refractivity contribution < 1.29 is 13.9 Å². The molecule has 0 amide bonds. The largest absolute Gasteiger partial charge is 0.507 e. The van der Waals surface area contributed by atoms with Gasteiger partial charge in [0.2, 0.25) is 0 Å². The monoisotopic (exact) mass is 345 g/mol. The fourth-order valence-electron chi connectivity index (χ4n) is 2.49. The summed E-state index contributed by atoms with van der Waals surface area (Å²) in [5.41, 5.74) is 2.03. The van der Waals surface area contributed by atoms with Crippen molar-refractivity contribution in [1.82, 2.24) is 0 Å². The zero-order valence-electron chi connectivity index (χ0n) is 15.6. The van der Waals surface area contributed by atoms with Gasteiger partial charge in [0.25, 0.3) is 0 Å². The van der Waals surface area contributed by atoms with Crippen molar-refractivity contribution >= 4 is 11.9 Å². The Morgan fingerprint density at radius 3 is 2.08 bits per heavy atom. The second-order valence-electron chi connectivity index (χ2n) is 8.32. The van der Waals surface area contributed by atoms with Gasteiger partial charge in [0.05, 0.1) is 5.69 Å². The molecule has 0 saturated heterocycles. The molecule has 4 heteroatoms. The zero-order valence-corrected chi connectivity index (χ0v) is 15.6. The average molecular weight is 345 g/mol. The summed E-state index contributed by atoms with van der Waals surface area (Å²) in [6, 6.07) is 7.08. The van der Waals surface area contributed by atoms with Gasteiger partial charge >= 0.3 is 0 Å². The summed E-state index contributed by atoms with van der Waals surface area (Å²) in [6.07, 6.45) is 1.43. The van der Waals surface area contributed by atoms with E-state index in [2.05, 4.69) is 25.8 Å². The normalized spacial score (nSPS) is 12.8. The van der Waals surface area contributed by atoms with Crippen LogP contribution in [0.25, 0.3) is 0 Å². The number of aliphatic imine (C=N–C) groups is 1. The number of nitrogens with zero attached hydrogens (tertiary/aromatic N) is 1. The molecular formula is C21H25F2NO. The molecule has 2 aromatic carbocycles. The number of aromatic hydroxyl groups is 1. The first kappa shape index (κ1) is 19.1. The lowest BCUT2D eigenvalue weighted by Crippen LogP contribution is -2.17. The predicted molar refractivity (Wildman–Crippen MR) is 99.1 cm³/mol. The fourth-order valence-corrected chi connectivity index (χ4v) is 2.49. The summed E-state index contributed by atoms with van der Waals surface area (Å²) < 4.78 is 26.8. The second-order valence-corrected chi connectivity index (χ2v) is 8.32. The summed E-state index contributed by atoms with van der Waals surface area (Å²) in [4.78, 5) is 4.10. The Labute approximate surface area is 148 Å². The maximum Gasteiger partial charge on any atom is 0.151 e. The van der Waals surface area contributed by atoms with Gasteiger partial charge in [-0.2, -0.15) is 0 Å². The quantitative estimate of drug-likeness (QED) is 0.664. The van der Waals surface area contributed by atoms with Crippen molar-refractivity contribution in [2.24, 2.45) is 4.99 Å². The van der Waals surface area contributed by atoms with E-state index in [-0.39, 0.29) is 22.3 Å². The topological polar surface area (TPSA) is 32.6 Å². The van der Waals surface area contributed by atoms with Crippen LogP contribution in [0.5, 0.6) is 5.75 Å². The summed E-state index contributed by atoms with van der Waals surface area (Å²) in [7, 11) is 0. The Balaban J connectivity index is 2.58. The van der Waals surface area contributed by atoms with Gasteiger partial charge in [0, 0.05) is 23.4 Å². The van der Waals surface area contributed by atoms with Gasteiger partial charge in [0.1, 0.15) is 11.6 Å². The summed E-state index contributed by atoms with van der Waals surface area (Å²) in [5, 5.41) is 10.7. The van der Waals surface area contributed by atoms with Gasteiger partial charge in [-0.1, -0.05) is 47.6 Å². The number of hydrogen-bond acceptors (Lipinski definition) is 2. The predicted octanol–water partition coefficient (Wildman–Crippen LogP) is 6.02. The number of phenols is 1. The molecule has 0 unspecified atom stereocenters. The molecule has 0 aliphatic rings. The third-order valence-electron chi connectivity index (χ3n) is 4.07. The highest BCUT2D eigenvalue weighted by atomic mass is 19.1. The Morgan fingerprint density at radius 2 is 1.56 bits per heavy atom. The van der Waals surface area contributed by atoms with Crippen molar-refractivity contribution in [3.8, 4) is 5.75 Å². The molecule has 0 bridgehead atoms. The maximum atomic E-state index is 13.8. The molecule has 0 spiro atoms. The van der Waals surface area contributed by atoms with E-state index >= 15 is 0 Å². The summed E-state index contributed by atoms with van der Waals surface area (Å²) in [6.45, 7) is 12.3. The zero-order chi connectivity index (χ0) is 19.0. The van der Waals surface area contributed by atoms with E-state index in [4.69, 9.17) is 0 Å². The molecule has 0 aliphatic carbocycles. The molecule has 2 rings (SSSR count). The molecule has 1 N–H and O–H groups in total. The Kier molecular flexibility index (Phi) is 5.03. The van der Waals surface area contributed by atoms with Gasteiger partial charge in [-0.15, -0.1) is 0 Å². The standard InChI is InChI=1S/C21H25F2NO/c1-20(2,3)14-9-13(19(25)16(10-14)21(4,5)6)12-24-18-8-7-15(22)11-17(18)23/h7-12,25H,1-6H3. The van der Waals surface area contributed by atoms with Crippen LogP contribution in [0.15, 0.2) is 35.3 Å². The van der Waals surface area contributed by atoms with Crippen LogP contribution in [0.1, 0.15) is 58.2 Å². The highest BCUT2D eigenvalue weighted by Gasteiger charge is 2.24. The van der Waals surface area contributed by atoms with E-state index in [1.54, 1.807) is 0 Å². The fraction of sp³-hybridized carbons (Fsp3) is 0.381. The minimum Gasteiger partial charge on any atom is -0.507 e. The number of phenolic OH excluding ortho intramolecular Hbond substituents is 1. The first-order chi connectivity index (χ1) is 11.4. The van der Waals surface area contributed by atoms with Crippen LogP contribution in [0.4, 0.5) is 14.5 Å². The van der Waals surface area contributed by atoms with Crippen LogP contribution in [0.3, 0.4) is 0 Å². The van der Waals surface area contributed by atoms with Gasteiger partial charge in [-0.05, 0) is 34.6 Å². The van der Waals surface area contributed by atoms with Crippen molar-refractivity contribution in [2.45, 2.75) is 52.4 Å². The molecule has 0 saturated carbocycles. The molecule has 0 aromatic heterocycles. The molecule has 134 valence electrons. The third kappa shape index (κ3) is 4.44. The van der Waals surface area contributed by atoms with Gasteiger partial charge < -0.3 is 5.11 Å². The summed E-state index contributed by atoms with van der Waals surface area (Å²) in [5.74, 6) is -1.26. The van der Waals surface area contributed by atoms with E-state index in [1.807, 2.05) is 32.9 Å². The highest BCUT2D eigenvalue weighted by molar-refractivity contribution is 5.86. The van der Waals surface area contributed by atoms with Crippen LogP contribution in [-0.4, -0.2) is 11.3 Å². The molecule has 0 atom stereocenters. The van der Waals surface area contributed by atoms with E-state index in [0.717, 1.165) is 23.3 Å². The molecular weight excluding hydrogens is 320 g/mol. The van der Waals surface area contributed by atoms with E-state index in [0.29, 0.717) is 5.56 Å². The molecule has 0 heterocycles. The molecule has 0 aliphatic heterocycles. The SMILES string of the molecule is CC(C)(C)c1cc(C=Nc2ccc(F)cc2F)c(O)c(C(C)(C)C)c1. The van der Waals surface area contributed by atoms with Crippen LogP contribution in [-0.2, 0) is 10.8 Å². The van der Waals surface area contributed by atoms with Gasteiger partial charge in [-0.3, -0.25) is 4.99 Å². The first-order valence-corrected chi connectivity index (χ1v) is 8.26. The summed E-state index contributed by atoms with van der Waals surface area (Å²) >= 11 is 0. The second kappa shape index (κ2) is 6.58. The van der Waals surface area contributed by atoms with Crippen molar-refractivity contribution in [3.63, 3.8) is 0 Å². The Morgan fingerprint density at radius 1 is 0.920 bits per heavy atom. The highest BCUT2D eigenvalue weighted by Crippen LogP contribution is 2.37. The molecule has 25 heavy (non-hydrogen) atoms. The Bertz CT molecular complexity index is 812. The maximum absolute atomic E-state index is 13.8. The molecule has 2 aromatic rings. The smallest absolute Gasteiger partial charge is 0.151 e. The first-order valence-electron chi connectivity index (χ1n) is 8.26. The Hall–Kier alpha value is -2.23. The lowest BCUT2D eigenvalue weighted by molar-refractivity contribution is 0.444. The minimum absolute atomic E-state index is 0.0271. The van der Waals surface area contributed by atoms with Crippen LogP contribution < -0.4 is 0 Å². The molecule has 0 radical (unpaired) electrons. The lowest BCUT2D eigenvalue weighted by atomic mass is 9.79. The number of rotatable bonds is 2. The third-order valence-corrected chi connectivity index (χ3v) is 4.07. The van der Waals surface area contributed by atoms with E-state index in [1.165, 1.54) is 12.3 Å². The van der Waals surface area contributed by atoms with Crippen molar-refractivity contribution in [3.05, 3.63) is 58.7 Å². The molecule has 2 nitrogen and oxygen atoms in total. The number of hydrogen-bond donors (Lipinski definition) is 1. The van der Waals surface area contributed by atoms with Crippen LogP contribution in [0.2, 0.25) is 0 Å². The minimum atomic E-state index is -0.737. The van der Waals surface area contributed by atoms with Crippen molar-refractivity contribution in [1.29, 1.82) is 0 Å².